The molecule has 1 aromatic carbocycles. The Morgan fingerprint density at radius 1 is 1.12 bits per heavy atom. The zero-order chi connectivity index (χ0) is 16.8. The lowest BCUT2D eigenvalue weighted by molar-refractivity contribution is -0.137. The Bertz CT molecular complexity index is 511. The van der Waals surface area contributed by atoms with Crippen molar-refractivity contribution in [3.63, 3.8) is 0 Å². The molecular formula is C20H32ClN3O. The molecular weight excluding hydrogens is 334 g/mol. The number of amides is 1. The molecule has 0 saturated carbocycles. The van der Waals surface area contributed by atoms with Crippen molar-refractivity contribution >= 4 is 18.3 Å². The van der Waals surface area contributed by atoms with Crippen LogP contribution in [0, 0.1) is 11.8 Å². The third kappa shape index (κ3) is 5.98. The molecule has 2 saturated heterocycles. The third-order valence-electron chi connectivity index (χ3n) is 5.48. The number of hydrogen-bond acceptors (Lipinski definition) is 3. The summed E-state index contributed by atoms with van der Waals surface area (Å²) in [6, 6.07) is 10.7. The number of carbonyl (C=O) groups excluding carboxylic acids is 1. The van der Waals surface area contributed by atoms with E-state index in [-0.39, 0.29) is 18.3 Å². The lowest BCUT2D eigenvalue weighted by Crippen LogP contribution is -2.45. The van der Waals surface area contributed by atoms with E-state index in [1.54, 1.807) is 0 Å². The molecule has 0 radical (unpaired) electrons. The number of carbonyl (C=O) groups is 1. The van der Waals surface area contributed by atoms with Crippen LogP contribution in [0.2, 0.25) is 0 Å². The molecule has 1 amide bonds. The summed E-state index contributed by atoms with van der Waals surface area (Å²) in [6.45, 7) is 6.03. The summed E-state index contributed by atoms with van der Waals surface area (Å²) in [6.07, 6.45) is 4.32. The molecule has 140 valence electrons. The Hall–Kier alpha value is -1.10. The van der Waals surface area contributed by atoms with Gasteiger partial charge in [0.2, 0.25) is 5.91 Å². The minimum absolute atomic E-state index is 0. The molecule has 1 aromatic rings. The van der Waals surface area contributed by atoms with E-state index in [0.717, 1.165) is 70.9 Å². The maximum atomic E-state index is 12.6. The first-order valence-electron chi connectivity index (χ1n) is 9.44. The van der Waals surface area contributed by atoms with Crippen LogP contribution in [0.5, 0.6) is 0 Å². The molecule has 0 aliphatic carbocycles. The summed E-state index contributed by atoms with van der Waals surface area (Å²) >= 11 is 0. The highest BCUT2D eigenvalue weighted by Crippen LogP contribution is 2.22. The van der Waals surface area contributed by atoms with E-state index in [1.165, 1.54) is 5.56 Å². The van der Waals surface area contributed by atoms with Crippen molar-refractivity contribution in [1.29, 1.82) is 0 Å². The highest BCUT2D eigenvalue weighted by atomic mass is 35.5. The quantitative estimate of drug-likeness (QED) is 0.871. The first-order chi connectivity index (χ1) is 11.7. The normalized spacial score (nSPS) is 19.7. The molecule has 2 fully saturated rings. The number of piperidine rings is 2. The Balaban J connectivity index is 0.00000225. The van der Waals surface area contributed by atoms with E-state index in [2.05, 4.69) is 52.5 Å². The van der Waals surface area contributed by atoms with E-state index >= 15 is 0 Å². The second-order valence-electron chi connectivity index (χ2n) is 7.48. The zero-order valence-corrected chi connectivity index (χ0v) is 16.1. The van der Waals surface area contributed by atoms with Gasteiger partial charge in [0.25, 0.3) is 0 Å². The molecule has 0 atom stereocenters. The Morgan fingerprint density at radius 3 is 2.40 bits per heavy atom. The van der Waals surface area contributed by atoms with E-state index in [1.807, 2.05) is 0 Å². The molecule has 2 heterocycles. The van der Waals surface area contributed by atoms with Crippen LogP contribution in [0.3, 0.4) is 0 Å². The van der Waals surface area contributed by atoms with Gasteiger partial charge in [-0.3, -0.25) is 4.79 Å². The van der Waals surface area contributed by atoms with Crippen LogP contribution in [0.25, 0.3) is 0 Å². The van der Waals surface area contributed by atoms with Gasteiger partial charge in [-0.1, -0.05) is 30.3 Å². The van der Waals surface area contributed by atoms with Crippen molar-refractivity contribution in [3.8, 4) is 0 Å². The van der Waals surface area contributed by atoms with Gasteiger partial charge in [-0.15, -0.1) is 12.4 Å². The van der Waals surface area contributed by atoms with Gasteiger partial charge >= 0.3 is 0 Å². The van der Waals surface area contributed by atoms with Gasteiger partial charge in [-0.2, -0.15) is 0 Å². The van der Waals surface area contributed by atoms with Crippen LogP contribution >= 0.6 is 12.4 Å². The fourth-order valence-corrected chi connectivity index (χ4v) is 4.06. The summed E-state index contributed by atoms with van der Waals surface area (Å²) < 4.78 is 0. The molecule has 4 nitrogen and oxygen atoms in total. The van der Waals surface area contributed by atoms with Crippen LogP contribution in [-0.2, 0) is 11.3 Å². The van der Waals surface area contributed by atoms with Gasteiger partial charge in [0.1, 0.15) is 0 Å². The van der Waals surface area contributed by atoms with E-state index in [0.29, 0.717) is 5.91 Å². The second-order valence-corrected chi connectivity index (χ2v) is 7.48. The summed E-state index contributed by atoms with van der Waals surface area (Å²) in [7, 11) is 2.21. The summed E-state index contributed by atoms with van der Waals surface area (Å²) in [5.41, 5.74) is 1.37. The van der Waals surface area contributed by atoms with Gasteiger partial charge in [0, 0.05) is 32.1 Å². The molecule has 1 N–H and O–H groups in total. The first kappa shape index (κ1) is 20.2. The van der Waals surface area contributed by atoms with Crippen LogP contribution in [-0.4, -0.2) is 55.5 Å². The fraction of sp³-hybridized carbons (Fsp3) is 0.650. The molecule has 0 aromatic heterocycles. The van der Waals surface area contributed by atoms with Gasteiger partial charge in [0.15, 0.2) is 0 Å². The molecule has 0 spiro atoms. The molecule has 2 aliphatic heterocycles. The number of benzene rings is 1. The summed E-state index contributed by atoms with van der Waals surface area (Å²) in [4.78, 5) is 17.2. The van der Waals surface area contributed by atoms with Gasteiger partial charge in [-0.05, 0) is 57.3 Å². The highest BCUT2D eigenvalue weighted by molar-refractivity contribution is 5.85. The van der Waals surface area contributed by atoms with E-state index in [9.17, 15) is 4.79 Å². The largest absolute Gasteiger partial charge is 0.342 e. The molecule has 0 unspecified atom stereocenters. The van der Waals surface area contributed by atoms with E-state index in [4.69, 9.17) is 0 Å². The van der Waals surface area contributed by atoms with Crippen molar-refractivity contribution in [1.82, 2.24) is 15.1 Å². The zero-order valence-electron chi connectivity index (χ0n) is 15.3. The number of nitrogens with zero attached hydrogens (tertiary/aromatic N) is 2. The average molecular weight is 366 g/mol. The minimum atomic E-state index is 0. The predicted octanol–water partition coefficient (Wildman–Crippen LogP) is 2.78. The van der Waals surface area contributed by atoms with Gasteiger partial charge in [-0.25, -0.2) is 0 Å². The lowest BCUT2D eigenvalue weighted by Gasteiger charge is -2.36. The van der Waals surface area contributed by atoms with Gasteiger partial charge < -0.3 is 15.1 Å². The number of hydrogen-bond donors (Lipinski definition) is 1. The topological polar surface area (TPSA) is 35.6 Å². The molecule has 5 heteroatoms. The van der Waals surface area contributed by atoms with E-state index < -0.39 is 0 Å². The number of likely N-dealkylation sites (tertiary alicyclic amines) is 1. The predicted molar refractivity (Wildman–Crippen MR) is 105 cm³/mol. The van der Waals surface area contributed by atoms with Crippen LogP contribution in [0.15, 0.2) is 30.3 Å². The number of nitrogens with one attached hydrogen (secondary N) is 1. The second kappa shape index (κ2) is 10.1. The van der Waals surface area contributed by atoms with Crippen molar-refractivity contribution in [3.05, 3.63) is 35.9 Å². The fourth-order valence-electron chi connectivity index (χ4n) is 4.06. The lowest BCUT2D eigenvalue weighted by atomic mass is 9.92. The Labute approximate surface area is 158 Å². The SMILES string of the molecule is CN(Cc1ccccc1)CC1CCN(C(=O)C2CCNCC2)CC1.Cl. The standard InChI is InChI=1S/C20H31N3O.ClH/c1-22(15-17-5-3-2-4-6-17)16-18-9-13-23(14-10-18)20(24)19-7-11-21-12-8-19;/h2-6,18-19,21H,7-16H2,1H3;1H. The Morgan fingerprint density at radius 2 is 1.76 bits per heavy atom. The van der Waals surface area contributed by atoms with Crippen molar-refractivity contribution in [2.45, 2.75) is 32.2 Å². The monoisotopic (exact) mass is 365 g/mol. The minimum Gasteiger partial charge on any atom is -0.342 e. The van der Waals surface area contributed by atoms with Gasteiger partial charge in [0.05, 0.1) is 0 Å². The van der Waals surface area contributed by atoms with Crippen LogP contribution < -0.4 is 5.32 Å². The van der Waals surface area contributed by atoms with Crippen molar-refractivity contribution in [2.24, 2.45) is 11.8 Å². The molecule has 25 heavy (non-hydrogen) atoms. The molecule has 0 bridgehead atoms. The van der Waals surface area contributed by atoms with Crippen molar-refractivity contribution < 1.29 is 4.79 Å². The summed E-state index contributed by atoms with van der Waals surface area (Å²) in [5.74, 6) is 1.40. The maximum absolute atomic E-state index is 12.6. The summed E-state index contributed by atoms with van der Waals surface area (Å²) in [5, 5.41) is 3.34. The number of rotatable bonds is 5. The molecule has 3 rings (SSSR count). The van der Waals surface area contributed by atoms with Crippen molar-refractivity contribution in [2.75, 3.05) is 39.8 Å². The van der Waals surface area contributed by atoms with Crippen LogP contribution in [0.1, 0.15) is 31.2 Å². The van der Waals surface area contributed by atoms with Crippen LogP contribution in [0.4, 0.5) is 0 Å². The smallest absolute Gasteiger partial charge is 0.225 e. The molecule has 2 aliphatic rings. The Kier molecular flexibility index (Phi) is 8.20. The first-order valence-corrected chi connectivity index (χ1v) is 9.44. The average Bonchev–Trinajstić information content (AvgIpc) is 2.63. The third-order valence-corrected chi connectivity index (χ3v) is 5.48. The highest BCUT2D eigenvalue weighted by Gasteiger charge is 2.29. The number of halogens is 1. The maximum Gasteiger partial charge on any atom is 0.225 e.